The molecule has 1 fully saturated rings. The second-order valence-electron chi connectivity index (χ2n) is 5.13. The zero-order chi connectivity index (χ0) is 14.5. The van der Waals surface area contributed by atoms with E-state index in [1.807, 2.05) is 11.8 Å². The Morgan fingerprint density at radius 2 is 2.35 bits per heavy atom. The van der Waals surface area contributed by atoms with Crippen molar-refractivity contribution >= 4 is 11.4 Å². The van der Waals surface area contributed by atoms with Gasteiger partial charge in [0.2, 0.25) is 0 Å². The van der Waals surface area contributed by atoms with Gasteiger partial charge in [0.05, 0.1) is 16.7 Å². The van der Waals surface area contributed by atoms with Crippen LogP contribution < -0.4 is 10.2 Å². The number of rotatable bonds is 6. The predicted molar refractivity (Wildman–Crippen MR) is 76.6 cm³/mol. The molecule has 1 aliphatic heterocycles. The predicted octanol–water partition coefficient (Wildman–Crippen LogP) is 2.70. The van der Waals surface area contributed by atoms with Crippen LogP contribution >= 0.6 is 0 Å². The minimum Gasteiger partial charge on any atom is -0.368 e. The fourth-order valence-corrected chi connectivity index (χ4v) is 2.62. The van der Waals surface area contributed by atoms with E-state index in [-0.39, 0.29) is 5.69 Å². The van der Waals surface area contributed by atoms with Gasteiger partial charge in [0.1, 0.15) is 0 Å². The van der Waals surface area contributed by atoms with Crippen molar-refractivity contribution in [3.63, 3.8) is 0 Å². The largest absolute Gasteiger partial charge is 0.368 e. The Morgan fingerprint density at radius 3 is 2.90 bits per heavy atom. The molecule has 1 unspecified atom stereocenters. The smallest absolute Gasteiger partial charge is 0.272 e. The number of nitrogens with zero attached hydrogens (tertiary/aromatic N) is 2. The molecule has 110 valence electrons. The number of non-ortho nitro benzene ring substituents is 1. The Morgan fingerprint density at radius 1 is 1.55 bits per heavy atom. The van der Waals surface area contributed by atoms with Gasteiger partial charge in [0.25, 0.3) is 5.69 Å². The fraction of sp³-hybridized carbons (Fsp3) is 0.571. The standard InChI is InChI=1S/C14H20FN3O2/c1-2-8-17(10-11-4-3-7-16-11)14-6-5-12(18(19)20)9-13(14)15/h5-6,9,11,16H,2-4,7-8,10H2,1H3. The third kappa shape index (κ3) is 3.45. The van der Waals surface area contributed by atoms with E-state index < -0.39 is 10.7 Å². The van der Waals surface area contributed by atoms with Crippen LogP contribution in [0.25, 0.3) is 0 Å². The van der Waals surface area contributed by atoms with E-state index in [0.29, 0.717) is 11.7 Å². The SMILES string of the molecule is CCCN(CC1CCCN1)c1ccc([N+](=O)[O-])cc1F. The van der Waals surface area contributed by atoms with Crippen LogP contribution in [0.5, 0.6) is 0 Å². The minimum atomic E-state index is -0.574. The average Bonchev–Trinajstić information content (AvgIpc) is 2.91. The van der Waals surface area contributed by atoms with Gasteiger partial charge in [-0.25, -0.2) is 4.39 Å². The molecule has 20 heavy (non-hydrogen) atoms. The van der Waals surface area contributed by atoms with Gasteiger partial charge in [0.15, 0.2) is 5.82 Å². The number of nitro benzene ring substituents is 1. The van der Waals surface area contributed by atoms with Crippen molar-refractivity contribution in [1.29, 1.82) is 0 Å². The summed E-state index contributed by atoms with van der Waals surface area (Å²) in [7, 11) is 0. The molecule has 0 amide bonds. The van der Waals surface area contributed by atoms with Gasteiger partial charge in [0, 0.05) is 25.2 Å². The van der Waals surface area contributed by atoms with E-state index >= 15 is 0 Å². The number of nitro groups is 1. The van der Waals surface area contributed by atoms with Crippen LogP contribution in [-0.2, 0) is 0 Å². The highest BCUT2D eigenvalue weighted by molar-refractivity contribution is 5.52. The van der Waals surface area contributed by atoms with Gasteiger partial charge in [-0.05, 0) is 31.9 Å². The van der Waals surface area contributed by atoms with Gasteiger partial charge in [-0.1, -0.05) is 6.92 Å². The summed E-state index contributed by atoms with van der Waals surface area (Å²) >= 11 is 0. The lowest BCUT2D eigenvalue weighted by atomic mass is 10.1. The van der Waals surface area contributed by atoms with Crippen molar-refractivity contribution in [1.82, 2.24) is 5.32 Å². The van der Waals surface area contributed by atoms with Gasteiger partial charge < -0.3 is 10.2 Å². The monoisotopic (exact) mass is 281 g/mol. The summed E-state index contributed by atoms with van der Waals surface area (Å²) in [4.78, 5) is 12.1. The molecule has 0 saturated carbocycles. The van der Waals surface area contributed by atoms with Crippen molar-refractivity contribution in [3.8, 4) is 0 Å². The van der Waals surface area contributed by atoms with Gasteiger partial charge in [-0.15, -0.1) is 0 Å². The first-order valence-electron chi connectivity index (χ1n) is 7.04. The molecule has 2 rings (SSSR count). The summed E-state index contributed by atoms with van der Waals surface area (Å²) in [6, 6.07) is 4.25. The maximum atomic E-state index is 14.1. The van der Waals surface area contributed by atoms with Crippen LogP contribution in [0, 0.1) is 15.9 Å². The Balaban J connectivity index is 2.17. The summed E-state index contributed by atoms with van der Waals surface area (Å²) in [5, 5.41) is 14.0. The summed E-state index contributed by atoms with van der Waals surface area (Å²) in [5.74, 6) is -0.523. The minimum absolute atomic E-state index is 0.207. The summed E-state index contributed by atoms with van der Waals surface area (Å²) < 4.78 is 14.1. The second kappa shape index (κ2) is 6.65. The molecule has 0 spiro atoms. The molecule has 0 aliphatic carbocycles. The lowest BCUT2D eigenvalue weighted by Gasteiger charge is -2.27. The zero-order valence-electron chi connectivity index (χ0n) is 11.6. The lowest BCUT2D eigenvalue weighted by molar-refractivity contribution is -0.385. The van der Waals surface area contributed by atoms with E-state index in [2.05, 4.69) is 5.32 Å². The molecule has 1 heterocycles. The van der Waals surface area contributed by atoms with Crippen LogP contribution in [0.3, 0.4) is 0 Å². The third-order valence-corrected chi connectivity index (χ3v) is 3.58. The van der Waals surface area contributed by atoms with Crippen LogP contribution in [0.2, 0.25) is 0 Å². The highest BCUT2D eigenvalue weighted by Gasteiger charge is 2.21. The summed E-state index contributed by atoms with van der Waals surface area (Å²) in [6.45, 7) is 4.53. The molecule has 1 saturated heterocycles. The van der Waals surface area contributed by atoms with Gasteiger partial charge >= 0.3 is 0 Å². The molecular weight excluding hydrogens is 261 g/mol. The Labute approximate surface area is 117 Å². The topological polar surface area (TPSA) is 58.4 Å². The van der Waals surface area contributed by atoms with Crippen molar-refractivity contribution in [2.24, 2.45) is 0 Å². The van der Waals surface area contributed by atoms with Gasteiger partial charge in [-0.2, -0.15) is 0 Å². The van der Waals surface area contributed by atoms with E-state index in [0.717, 1.165) is 45.0 Å². The number of nitrogens with one attached hydrogen (secondary N) is 1. The van der Waals surface area contributed by atoms with E-state index in [4.69, 9.17) is 0 Å². The van der Waals surface area contributed by atoms with E-state index in [9.17, 15) is 14.5 Å². The highest BCUT2D eigenvalue weighted by atomic mass is 19.1. The molecule has 1 aromatic rings. The molecule has 0 bridgehead atoms. The van der Waals surface area contributed by atoms with Gasteiger partial charge in [-0.3, -0.25) is 10.1 Å². The number of benzene rings is 1. The molecule has 0 aromatic heterocycles. The Kier molecular flexibility index (Phi) is 4.89. The van der Waals surface area contributed by atoms with Crippen LogP contribution in [0.15, 0.2) is 18.2 Å². The first-order chi connectivity index (χ1) is 9.61. The number of hydrogen-bond acceptors (Lipinski definition) is 4. The molecule has 1 aromatic carbocycles. The number of halogens is 1. The Hall–Kier alpha value is -1.69. The fourth-order valence-electron chi connectivity index (χ4n) is 2.62. The molecule has 1 atom stereocenters. The quantitative estimate of drug-likeness (QED) is 0.643. The second-order valence-corrected chi connectivity index (χ2v) is 5.13. The maximum Gasteiger partial charge on any atom is 0.272 e. The average molecular weight is 281 g/mol. The van der Waals surface area contributed by atoms with Crippen molar-refractivity contribution in [3.05, 3.63) is 34.1 Å². The molecule has 0 radical (unpaired) electrons. The van der Waals surface area contributed by atoms with Crippen LogP contribution in [-0.4, -0.2) is 30.6 Å². The molecule has 6 heteroatoms. The molecule has 5 nitrogen and oxygen atoms in total. The molecular formula is C14H20FN3O2. The van der Waals surface area contributed by atoms with Crippen molar-refractivity contribution < 1.29 is 9.31 Å². The first-order valence-corrected chi connectivity index (χ1v) is 7.04. The van der Waals surface area contributed by atoms with E-state index in [1.165, 1.54) is 12.1 Å². The zero-order valence-corrected chi connectivity index (χ0v) is 11.6. The maximum absolute atomic E-state index is 14.1. The molecule has 1 N–H and O–H groups in total. The van der Waals surface area contributed by atoms with E-state index in [1.54, 1.807) is 0 Å². The normalized spacial score (nSPS) is 18.2. The summed E-state index contributed by atoms with van der Waals surface area (Å²) in [6.07, 6.45) is 3.14. The lowest BCUT2D eigenvalue weighted by Crippen LogP contribution is -2.38. The van der Waals surface area contributed by atoms with Crippen molar-refractivity contribution in [2.75, 3.05) is 24.5 Å². The Bertz CT molecular complexity index is 475. The third-order valence-electron chi connectivity index (χ3n) is 3.58. The number of anilines is 1. The van der Waals surface area contributed by atoms with Crippen LogP contribution in [0.1, 0.15) is 26.2 Å². The summed E-state index contributed by atoms with van der Waals surface area (Å²) in [5.41, 5.74) is 0.243. The highest BCUT2D eigenvalue weighted by Crippen LogP contribution is 2.25. The van der Waals surface area contributed by atoms with Crippen molar-refractivity contribution in [2.45, 2.75) is 32.2 Å². The molecule has 1 aliphatic rings. The first kappa shape index (κ1) is 14.7. The van der Waals surface area contributed by atoms with Crippen LogP contribution in [0.4, 0.5) is 15.8 Å². The number of hydrogen-bond donors (Lipinski definition) is 1.